The molecule has 0 saturated heterocycles. The van der Waals surface area contributed by atoms with Crippen molar-refractivity contribution in [3.63, 3.8) is 0 Å². The largest absolute Gasteiger partial charge is 0.350 e. The molecular weight excluding hydrogens is 333 g/mol. The third kappa shape index (κ3) is 2.69. The number of nitrogens with one attached hydrogen (secondary N) is 3. The molecule has 0 radical (unpaired) electrons. The van der Waals surface area contributed by atoms with Gasteiger partial charge in [-0.2, -0.15) is 5.10 Å². The van der Waals surface area contributed by atoms with Crippen LogP contribution in [0.25, 0.3) is 11.5 Å². The quantitative estimate of drug-likeness (QED) is 0.678. The first kappa shape index (κ1) is 15.3. The maximum absolute atomic E-state index is 13.2. The third-order valence-electron chi connectivity index (χ3n) is 5.15. The van der Waals surface area contributed by atoms with Gasteiger partial charge in [-0.25, -0.2) is 9.37 Å². The summed E-state index contributed by atoms with van der Waals surface area (Å²) in [4.78, 5) is 20.2. The van der Waals surface area contributed by atoms with Gasteiger partial charge in [0, 0.05) is 29.8 Å². The molecule has 3 N–H and O–H groups in total. The molecule has 0 unspecified atom stereocenters. The van der Waals surface area contributed by atoms with Crippen LogP contribution >= 0.6 is 0 Å². The summed E-state index contributed by atoms with van der Waals surface area (Å²) in [5.74, 6) is 0.796. The lowest BCUT2D eigenvalue weighted by atomic mass is 9.94. The molecule has 132 valence electrons. The highest BCUT2D eigenvalue weighted by molar-refractivity contribution is 5.94. The Hall–Kier alpha value is -2.96. The minimum Gasteiger partial charge on any atom is -0.350 e. The number of imidazole rings is 1. The average Bonchev–Trinajstić information content (AvgIpc) is 3.26. The number of nitrogens with zero attached hydrogens (tertiary/aromatic N) is 2. The van der Waals surface area contributed by atoms with Gasteiger partial charge in [0.2, 0.25) is 0 Å². The summed E-state index contributed by atoms with van der Waals surface area (Å²) in [6.07, 6.45) is 3.02. The van der Waals surface area contributed by atoms with E-state index < -0.39 is 0 Å². The number of H-pyrrole nitrogens is 2. The number of hydrogen-bond donors (Lipinski definition) is 3. The van der Waals surface area contributed by atoms with E-state index in [0.29, 0.717) is 30.4 Å². The average molecular weight is 351 g/mol. The molecule has 26 heavy (non-hydrogen) atoms. The summed E-state index contributed by atoms with van der Waals surface area (Å²) in [6, 6.07) is 8.44. The summed E-state index contributed by atoms with van der Waals surface area (Å²) in [6.45, 7) is 0.498. The molecular formula is C19H18FN5O. The first-order chi connectivity index (χ1) is 12.7. The molecule has 0 spiro atoms. The minimum absolute atomic E-state index is 0.0651. The van der Waals surface area contributed by atoms with Crippen LogP contribution < -0.4 is 5.32 Å². The second kappa shape index (κ2) is 5.79. The number of carbonyl (C=O) groups is 1. The van der Waals surface area contributed by atoms with Crippen molar-refractivity contribution in [3.8, 4) is 11.5 Å². The van der Waals surface area contributed by atoms with E-state index in [1.165, 1.54) is 25.0 Å². The predicted octanol–water partition coefficient (Wildman–Crippen LogP) is 2.89. The van der Waals surface area contributed by atoms with Crippen LogP contribution in [0.3, 0.4) is 0 Å². The summed E-state index contributed by atoms with van der Waals surface area (Å²) in [7, 11) is 0. The van der Waals surface area contributed by atoms with Gasteiger partial charge in [0.1, 0.15) is 17.2 Å². The van der Waals surface area contributed by atoms with Gasteiger partial charge in [-0.1, -0.05) is 12.1 Å². The van der Waals surface area contributed by atoms with Crippen molar-refractivity contribution in [2.24, 2.45) is 0 Å². The smallest absolute Gasteiger partial charge is 0.271 e. The Bertz CT molecular complexity index is 970. The van der Waals surface area contributed by atoms with E-state index in [-0.39, 0.29) is 17.6 Å². The molecule has 1 atom stereocenters. The highest BCUT2D eigenvalue weighted by Crippen LogP contribution is 2.39. The topological polar surface area (TPSA) is 86.5 Å². The number of carbonyl (C=O) groups excluding carboxylic acids is 1. The minimum atomic E-state index is -0.263. The second-order valence-electron chi connectivity index (χ2n) is 7.06. The lowest BCUT2D eigenvalue weighted by molar-refractivity contribution is 0.0950. The van der Waals surface area contributed by atoms with Crippen LogP contribution in [0.15, 0.2) is 30.3 Å². The van der Waals surface area contributed by atoms with Gasteiger partial charge in [0.05, 0.1) is 0 Å². The first-order valence-corrected chi connectivity index (χ1v) is 8.85. The molecule has 7 heteroatoms. The van der Waals surface area contributed by atoms with E-state index in [4.69, 9.17) is 0 Å². The van der Waals surface area contributed by atoms with Gasteiger partial charge in [-0.15, -0.1) is 0 Å². The molecule has 0 bridgehead atoms. The molecule has 3 aromatic rings. The van der Waals surface area contributed by atoms with Crippen LogP contribution in [-0.2, 0) is 6.42 Å². The Balaban J connectivity index is 1.46. The molecule has 1 aliphatic carbocycles. The summed E-state index contributed by atoms with van der Waals surface area (Å²) in [5.41, 5.74) is 4.05. The Morgan fingerprint density at radius 3 is 2.69 bits per heavy atom. The standard InChI is InChI=1S/C19H18FN5O/c20-13-5-3-10(4-6-13)12-7-15-17(19(26)21-9-12)23-18(22-15)16-8-14(24-25-16)11-1-2-11/h3-6,8,11-12H,1-2,7,9H2,(H,21,26)(H,22,23)(H,24,25)/t12-/m1/s1. The van der Waals surface area contributed by atoms with Crippen LogP contribution in [0.1, 0.15) is 52.1 Å². The van der Waals surface area contributed by atoms with Crippen LogP contribution in [0.2, 0.25) is 0 Å². The van der Waals surface area contributed by atoms with Crippen LogP contribution in [0.4, 0.5) is 4.39 Å². The highest BCUT2D eigenvalue weighted by Gasteiger charge is 2.29. The molecule has 2 aromatic heterocycles. The molecule has 1 fully saturated rings. The third-order valence-corrected chi connectivity index (χ3v) is 5.15. The van der Waals surface area contributed by atoms with E-state index in [1.807, 2.05) is 6.07 Å². The van der Waals surface area contributed by atoms with Gasteiger partial charge in [-0.3, -0.25) is 9.89 Å². The van der Waals surface area contributed by atoms with Crippen molar-refractivity contribution in [2.45, 2.75) is 31.1 Å². The van der Waals surface area contributed by atoms with Crippen LogP contribution in [0.5, 0.6) is 0 Å². The number of benzene rings is 1. The highest BCUT2D eigenvalue weighted by atomic mass is 19.1. The van der Waals surface area contributed by atoms with Crippen molar-refractivity contribution < 1.29 is 9.18 Å². The fourth-order valence-corrected chi connectivity index (χ4v) is 3.52. The van der Waals surface area contributed by atoms with Crippen molar-refractivity contribution in [3.05, 3.63) is 58.8 Å². The molecule has 2 aliphatic rings. The first-order valence-electron chi connectivity index (χ1n) is 8.85. The molecule has 1 aromatic carbocycles. The zero-order chi connectivity index (χ0) is 17.7. The van der Waals surface area contributed by atoms with Crippen LogP contribution in [-0.4, -0.2) is 32.6 Å². The number of fused-ring (bicyclic) bond motifs is 1. The number of rotatable bonds is 3. The SMILES string of the molecule is O=C1NC[C@H](c2ccc(F)cc2)Cc2[nH]c(-c3cc(C4CC4)[nH]n3)nc21. The summed E-state index contributed by atoms with van der Waals surface area (Å²) >= 11 is 0. The van der Waals surface area contributed by atoms with Gasteiger partial charge < -0.3 is 10.3 Å². The number of amides is 1. The van der Waals surface area contributed by atoms with Crippen molar-refractivity contribution >= 4 is 5.91 Å². The van der Waals surface area contributed by atoms with Crippen LogP contribution in [0, 0.1) is 5.82 Å². The Morgan fingerprint density at radius 2 is 1.92 bits per heavy atom. The Labute approximate surface area is 149 Å². The molecule has 5 rings (SSSR count). The van der Waals surface area contributed by atoms with Crippen molar-refractivity contribution in [2.75, 3.05) is 6.54 Å². The number of hydrogen-bond acceptors (Lipinski definition) is 3. The lowest BCUT2D eigenvalue weighted by Gasteiger charge is -2.14. The maximum atomic E-state index is 13.2. The molecule has 1 amide bonds. The number of halogens is 1. The van der Waals surface area contributed by atoms with Gasteiger partial charge >= 0.3 is 0 Å². The Kier molecular flexibility index (Phi) is 3.41. The Morgan fingerprint density at radius 1 is 1.12 bits per heavy atom. The van der Waals surface area contributed by atoms with E-state index in [1.54, 1.807) is 12.1 Å². The van der Waals surface area contributed by atoms with E-state index in [0.717, 1.165) is 22.6 Å². The monoisotopic (exact) mass is 351 g/mol. The summed E-state index contributed by atoms with van der Waals surface area (Å²) < 4.78 is 13.2. The molecule has 6 nitrogen and oxygen atoms in total. The maximum Gasteiger partial charge on any atom is 0.271 e. The van der Waals surface area contributed by atoms with Gasteiger partial charge in [0.25, 0.3) is 5.91 Å². The van der Waals surface area contributed by atoms with E-state index in [9.17, 15) is 9.18 Å². The fraction of sp³-hybridized carbons (Fsp3) is 0.316. The molecule has 1 aliphatic heterocycles. The second-order valence-corrected chi connectivity index (χ2v) is 7.06. The van der Waals surface area contributed by atoms with Gasteiger partial charge in [-0.05, 0) is 43.0 Å². The predicted molar refractivity (Wildman–Crippen MR) is 93.3 cm³/mol. The molecule has 1 saturated carbocycles. The zero-order valence-electron chi connectivity index (χ0n) is 14.1. The van der Waals surface area contributed by atoms with Crippen molar-refractivity contribution in [1.82, 2.24) is 25.5 Å². The number of aromatic nitrogens is 4. The van der Waals surface area contributed by atoms with Gasteiger partial charge in [0.15, 0.2) is 5.82 Å². The molecule has 3 heterocycles. The zero-order valence-corrected chi connectivity index (χ0v) is 14.1. The lowest BCUT2D eigenvalue weighted by Crippen LogP contribution is -2.26. The summed E-state index contributed by atoms with van der Waals surface area (Å²) in [5, 5.41) is 10.3. The van der Waals surface area contributed by atoms with E-state index in [2.05, 4.69) is 25.5 Å². The normalized spacial score (nSPS) is 19.7. The number of aromatic amines is 2. The fourth-order valence-electron chi connectivity index (χ4n) is 3.52. The van der Waals surface area contributed by atoms with Crippen molar-refractivity contribution in [1.29, 1.82) is 0 Å². The van der Waals surface area contributed by atoms with E-state index >= 15 is 0 Å².